The van der Waals surface area contributed by atoms with Gasteiger partial charge in [-0.2, -0.15) is 0 Å². The van der Waals surface area contributed by atoms with Gasteiger partial charge in [-0.1, -0.05) is 19.1 Å². The summed E-state index contributed by atoms with van der Waals surface area (Å²) in [5.41, 5.74) is 1.35. The smallest absolute Gasteiger partial charge is 0.399 e. The van der Waals surface area contributed by atoms with Gasteiger partial charge in [0.25, 0.3) is 0 Å². The third-order valence-corrected chi connectivity index (χ3v) is 7.08. The maximum Gasteiger partial charge on any atom is 0.494 e. The Balaban J connectivity index is 1.64. The molecule has 2 saturated heterocycles. The first-order chi connectivity index (χ1) is 13.5. The Hall–Kier alpha value is -1.53. The highest BCUT2D eigenvalue weighted by molar-refractivity contribution is 6.62. The van der Waals surface area contributed by atoms with Crippen LogP contribution >= 0.6 is 0 Å². The van der Waals surface area contributed by atoms with E-state index in [1.54, 1.807) is 0 Å². The molecule has 0 atom stereocenters. The van der Waals surface area contributed by atoms with Crippen LogP contribution in [-0.4, -0.2) is 43.4 Å². The lowest BCUT2D eigenvalue weighted by Crippen LogP contribution is -2.50. The average molecular weight is 400 g/mol. The van der Waals surface area contributed by atoms with Crippen molar-refractivity contribution in [3.8, 4) is 0 Å². The highest BCUT2D eigenvalue weighted by Gasteiger charge is 2.51. The third-order valence-electron chi connectivity index (χ3n) is 7.08. The first kappa shape index (κ1) is 22.2. The second kappa shape index (κ2) is 7.95. The molecule has 0 radical (unpaired) electrons. The SMILES string of the molecule is CCC1(C(=O)NC(C)C)CCN(c2ccc(B3OC(C)(C)C(C)(C)O3)cc2)CC1. The standard InChI is InChI=1S/C23H37BN2O3/c1-8-23(20(27)25-17(2)3)13-15-26(16-14-23)19-11-9-18(10-12-19)24-28-21(4,5)22(6,7)29-24/h9-12,17H,8,13-16H2,1-7H3,(H,25,27). The molecule has 0 aromatic heterocycles. The Morgan fingerprint density at radius 1 is 1.07 bits per heavy atom. The summed E-state index contributed by atoms with van der Waals surface area (Å²) < 4.78 is 12.3. The molecule has 1 aromatic carbocycles. The number of carbonyl (C=O) groups is 1. The van der Waals surface area contributed by atoms with Crippen LogP contribution in [0.15, 0.2) is 24.3 Å². The molecule has 1 aromatic rings. The fourth-order valence-electron chi connectivity index (χ4n) is 4.17. The summed E-state index contributed by atoms with van der Waals surface area (Å²) in [6.07, 6.45) is 2.67. The van der Waals surface area contributed by atoms with Crippen LogP contribution in [-0.2, 0) is 14.1 Å². The first-order valence-corrected chi connectivity index (χ1v) is 11.0. The molecule has 5 nitrogen and oxygen atoms in total. The minimum absolute atomic E-state index is 0.187. The fraction of sp³-hybridized carbons (Fsp3) is 0.696. The molecule has 6 heteroatoms. The number of piperidine rings is 1. The summed E-state index contributed by atoms with van der Waals surface area (Å²) in [6, 6.07) is 8.68. The van der Waals surface area contributed by atoms with Gasteiger partial charge in [-0.3, -0.25) is 4.79 Å². The van der Waals surface area contributed by atoms with Crippen LogP contribution in [0.3, 0.4) is 0 Å². The second-order valence-electron chi connectivity index (χ2n) is 9.93. The highest BCUT2D eigenvalue weighted by Crippen LogP contribution is 2.38. The average Bonchev–Trinajstić information content (AvgIpc) is 2.89. The number of hydrogen-bond acceptors (Lipinski definition) is 4. The van der Waals surface area contributed by atoms with Crippen molar-refractivity contribution < 1.29 is 14.1 Å². The van der Waals surface area contributed by atoms with Gasteiger partial charge in [-0.15, -0.1) is 0 Å². The topological polar surface area (TPSA) is 50.8 Å². The Kier molecular flexibility index (Phi) is 6.08. The van der Waals surface area contributed by atoms with Gasteiger partial charge in [-0.25, -0.2) is 0 Å². The van der Waals surface area contributed by atoms with Crippen LogP contribution < -0.4 is 15.7 Å². The van der Waals surface area contributed by atoms with Crippen LogP contribution in [0.2, 0.25) is 0 Å². The van der Waals surface area contributed by atoms with Gasteiger partial charge < -0.3 is 19.5 Å². The van der Waals surface area contributed by atoms with E-state index >= 15 is 0 Å². The summed E-state index contributed by atoms with van der Waals surface area (Å²) in [6.45, 7) is 16.3. The Morgan fingerprint density at radius 2 is 1.59 bits per heavy atom. The number of carbonyl (C=O) groups excluding carboxylic acids is 1. The van der Waals surface area contributed by atoms with Gasteiger partial charge in [0.15, 0.2) is 0 Å². The highest BCUT2D eigenvalue weighted by atomic mass is 16.7. The lowest BCUT2D eigenvalue weighted by Gasteiger charge is -2.41. The van der Waals surface area contributed by atoms with Gasteiger partial charge in [0.05, 0.1) is 16.6 Å². The maximum atomic E-state index is 12.7. The van der Waals surface area contributed by atoms with E-state index in [1.807, 2.05) is 13.8 Å². The van der Waals surface area contributed by atoms with Crippen molar-refractivity contribution in [1.29, 1.82) is 0 Å². The Labute approximate surface area is 176 Å². The number of nitrogens with one attached hydrogen (secondary N) is 1. The summed E-state index contributed by atoms with van der Waals surface area (Å²) in [5.74, 6) is 0.214. The fourth-order valence-corrected chi connectivity index (χ4v) is 4.17. The van der Waals surface area contributed by atoms with Crippen molar-refractivity contribution in [3.05, 3.63) is 24.3 Å². The largest absolute Gasteiger partial charge is 0.494 e. The van der Waals surface area contributed by atoms with E-state index in [1.165, 1.54) is 5.69 Å². The van der Waals surface area contributed by atoms with Gasteiger partial charge >= 0.3 is 7.12 Å². The Bertz CT molecular complexity index is 706. The van der Waals surface area contributed by atoms with Crippen LogP contribution in [0.5, 0.6) is 0 Å². The van der Waals surface area contributed by atoms with Crippen molar-refractivity contribution in [2.75, 3.05) is 18.0 Å². The van der Waals surface area contributed by atoms with Crippen LogP contribution in [0.1, 0.15) is 67.7 Å². The zero-order valence-electron chi connectivity index (χ0n) is 19.2. The first-order valence-electron chi connectivity index (χ1n) is 11.0. The summed E-state index contributed by atoms with van der Waals surface area (Å²) in [7, 11) is -0.331. The minimum Gasteiger partial charge on any atom is -0.399 e. The van der Waals surface area contributed by atoms with Crippen LogP contribution in [0.25, 0.3) is 0 Å². The molecule has 0 aliphatic carbocycles. The van der Waals surface area contributed by atoms with E-state index in [9.17, 15) is 4.79 Å². The number of rotatable bonds is 5. The summed E-state index contributed by atoms with van der Waals surface area (Å²) in [5, 5.41) is 3.13. The molecule has 0 saturated carbocycles. The lowest BCUT2D eigenvalue weighted by molar-refractivity contribution is -0.133. The maximum absolute atomic E-state index is 12.7. The Morgan fingerprint density at radius 3 is 2.03 bits per heavy atom. The molecule has 1 amide bonds. The summed E-state index contributed by atoms with van der Waals surface area (Å²) >= 11 is 0. The lowest BCUT2D eigenvalue weighted by atomic mass is 9.75. The van der Waals surface area contributed by atoms with Crippen molar-refractivity contribution in [2.45, 2.75) is 85.0 Å². The van der Waals surface area contributed by atoms with E-state index < -0.39 is 0 Å². The van der Waals surface area contributed by atoms with Gasteiger partial charge in [0, 0.05) is 24.8 Å². The van der Waals surface area contributed by atoms with Crippen molar-refractivity contribution in [2.24, 2.45) is 5.41 Å². The molecular weight excluding hydrogens is 363 g/mol. The molecule has 0 spiro atoms. The van der Waals surface area contributed by atoms with Gasteiger partial charge in [-0.05, 0) is 78.4 Å². The number of anilines is 1. The molecule has 2 fully saturated rings. The number of nitrogens with zero attached hydrogens (tertiary/aromatic N) is 1. The van der Waals surface area contributed by atoms with Crippen LogP contribution in [0.4, 0.5) is 5.69 Å². The molecule has 160 valence electrons. The van der Waals surface area contributed by atoms with Gasteiger partial charge in [0.1, 0.15) is 0 Å². The molecule has 0 bridgehead atoms. The zero-order chi connectivity index (χ0) is 21.4. The van der Waals surface area contributed by atoms with Crippen molar-refractivity contribution in [1.82, 2.24) is 5.32 Å². The number of hydrogen-bond donors (Lipinski definition) is 1. The number of amides is 1. The predicted molar refractivity (Wildman–Crippen MR) is 120 cm³/mol. The molecule has 2 aliphatic heterocycles. The van der Waals surface area contributed by atoms with E-state index in [-0.39, 0.29) is 35.7 Å². The molecule has 2 heterocycles. The van der Waals surface area contributed by atoms with E-state index in [0.717, 1.165) is 37.8 Å². The molecule has 29 heavy (non-hydrogen) atoms. The quantitative estimate of drug-likeness (QED) is 0.769. The van der Waals surface area contributed by atoms with Crippen molar-refractivity contribution in [3.63, 3.8) is 0 Å². The van der Waals surface area contributed by atoms with E-state index in [2.05, 4.69) is 69.1 Å². The van der Waals surface area contributed by atoms with E-state index in [4.69, 9.17) is 9.31 Å². The third kappa shape index (κ3) is 4.34. The molecule has 1 N–H and O–H groups in total. The second-order valence-corrected chi connectivity index (χ2v) is 9.93. The molecule has 0 unspecified atom stereocenters. The zero-order valence-corrected chi connectivity index (χ0v) is 19.2. The summed E-state index contributed by atoms with van der Waals surface area (Å²) in [4.78, 5) is 15.1. The van der Waals surface area contributed by atoms with Crippen LogP contribution in [0, 0.1) is 5.41 Å². The van der Waals surface area contributed by atoms with Crippen molar-refractivity contribution >= 4 is 24.2 Å². The van der Waals surface area contributed by atoms with Gasteiger partial charge in [0.2, 0.25) is 5.91 Å². The minimum atomic E-state index is -0.331. The molecular formula is C23H37BN2O3. The number of benzene rings is 1. The van der Waals surface area contributed by atoms with E-state index in [0.29, 0.717) is 0 Å². The molecule has 3 rings (SSSR count). The molecule has 2 aliphatic rings. The monoisotopic (exact) mass is 400 g/mol. The normalized spacial score (nSPS) is 22.8. The predicted octanol–water partition coefficient (Wildman–Crippen LogP) is 3.51.